The molecule has 8 nitrogen and oxygen atoms in total. The Kier molecular flexibility index (Phi) is 4.69. The van der Waals surface area contributed by atoms with Gasteiger partial charge >= 0.3 is 0 Å². The summed E-state index contributed by atoms with van der Waals surface area (Å²) in [5.41, 5.74) is 1.22. The highest BCUT2D eigenvalue weighted by Crippen LogP contribution is 2.27. The van der Waals surface area contributed by atoms with Crippen molar-refractivity contribution in [3.8, 4) is 0 Å². The Morgan fingerprint density at radius 1 is 1.35 bits per heavy atom. The number of hydrogen-bond acceptors (Lipinski definition) is 5. The third-order valence-electron chi connectivity index (χ3n) is 4.41. The van der Waals surface area contributed by atoms with Gasteiger partial charge in [-0.2, -0.15) is 5.10 Å². The predicted molar refractivity (Wildman–Crippen MR) is 83.7 cm³/mol. The zero-order valence-corrected chi connectivity index (χ0v) is 14.0. The lowest BCUT2D eigenvalue weighted by Gasteiger charge is -2.30. The number of nitrogens with zero attached hydrogens (tertiary/aromatic N) is 3. The van der Waals surface area contributed by atoms with Gasteiger partial charge in [0.1, 0.15) is 5.69 Å². The Morgan fingerprint density at radius 2 is 2.09 bits per heavy atom. The quantitative estimate of drug-likeness (QED) is 0.835. The zero-order valence-electron chi connectivity index (χ0n) is 13.2. The lowest BCUT2D eigenvalue weighted by Crippen LogP contribution is -2.40. The minimum absolute atomic E-state index is 0.0530. The Hall–Kier alpha value is -1.45. The van der Waals surface area contributed by atoms with E-state index >= 15 is 0 Å². The number of piperidine rings is 1. The highest BCUT2D eigenvalue weighted by atomic mass is 32.2. The SMILES string of the molecule is CS(=O)(=O)N1CCCC(c2cc(C(=O)N3CCOCC3)n[nH]2)C1. The molecule has 9 heteroatoms. The first kappa shape index (κ1) is 16.4. The number of aromatic amines is 1. The van der Waals surface area contributed by atoms with Gasteiger partial charge in [-0.3, -0.25) is 9.89 Å². The van der Waals surface area contributed by atoms with E-state index in [1.165, 1.54) is 10.6 Å². The number of ether oxygens (including phenoxy) is 1. The van der Waals surface area contributed by atoms with Crippen molar-refractivity contribution in [2.45, 2.75) is 18.8 Å². The van der Waals surface area contributed by atoms with Crippen LogP contribution in [0.25, 0.3) is 0 Å². The molecule has 0 bridgehead atoms. The minimum Gasteiger partial charge on any atom is -0.378 e. The molecule has 3 heterocycles. The maximum Gasteiger partial charge on any atom is 0.274 e. The van der Waals surface area contributed by atoms with E-state index in [1.54, 1.807) is 11.0 Å². The Bertz CT molecular complexity index is 666. The maximum atomic E-state index is 12.4. The predicted octanol–water partition coefficient (Wildman–Crippen LogP) is 0.0211. The van der Waals surface area contributed by atoms with Crippen LogP contribution >= 0.6 is 0 Å². The third kappa shape index (κ3) is 3.73. The normalized spacial score (nSPS) is 23.9. The molecule has 0 saturated carbocycles. The monoisotopic (exact) mass is 342 g/mol. The molecular weight excluding hydrogens is 320 g/mol. The molecule has 3 rings (SSSR count). The Balaban J connectivity index is 1.70. The molecule has 2 aliphatic heterocycles. The molecule has 2 saturated heterocycles. The number of carbonyl (C=O) groups excluding carboxylic acids is 1. The molecule has 0 radical (unpaired) electrons. The average molecular weight is 342 g/mol. The van der Waals surface area contributed by atoms with Gasteiger partial charge in [0, 0.05) is 37.8 Å². The highest BCUT2D eigenvalue weighted by Gasteiger charge is 2.29. The lowest BCUT2D eigenvalue weighted by molar-refractivity contribution is 0.0299. The maximum absolute atomic E-state index is 12.4. The number of amides is 1. The van der Waals surface area contributed by atoms with Gasteiger partial charge in [-0.1, -0.05) is 0 Å². The second-order valence-electron chi connectivity index (χ2n) is 6.07. The topological polar surface area (TPSA) is 95.6 Å². The van der Waals surface area contributed by atoms with Gasteiger partial charge in [-0.05, 0) is 18.9 Å². The highest BCUT2D eigenvalue weighted by molar-refractivity contribution is 7.88. The first-order valence-corrected chi connectivity index (χ1v) is 9.67. The summed E-state index contributed by atoms with van der Waals surface area (Å²) in [5, 5.41) is 7.05. The number of rotatable bonds is 3. The fourth-order valence-corrected chi connectivity index (χ4v) is 3.99. The summed E-state index contributed by atoms with van der Waals surface area (Å²) in [4.78, 5) is 14.1. The van der Waals surface area contributed by atoms with Gasteiger partial charge in [0.15, 0.2) is 0 Å². The van der Waals surface area contributed by atoms with E-state index in [4.69, 9.17) is 4.74 Å². The van der Waals surface area contributed by atoms with E-state index < -0.39 is 10.0 Å². The number of morpholine rings is 1. The zero-order chi connectivity index (χ0) is 16.4. The summed E-state index contributed by atoms with van der Waals surface area (Å²) < 4.78 is 30.2. The van der Waals surface area contributed by atoms with Crippen LogP contribution in [0.4, 0.5) is 0 Å². The van der Waals surface area contributed by atoms with Crippen LogP contribution < -0.4 is 0 Å². The van der Waals surface area contributed by atoms with Gasteiger partial charge in [-0.15, -0.1) is 0 Å². The van der Waals surface area contributed by atoms with Crippen molar-refractivity contribution >= 4 is 15.9 Å². The Morgan fingerprint density at radius 3 is 2.78 bits per heavy atom. The van der Waals surface area contributed by atoms with Crippen molar-refractivity contribution in [3.63, 3.8) is 0 Å². The van der Waals surface area contributed by atoms with Crippen LogP contribution in [0.3, 0.4) is 0 Å². The van der Waals surface area contributed by atoms with Crippen molar-refractivity contribution < 1.29 is 17.9 Å². The Labute approximate surface area is 135 Å². The number of hydrogen-bond donors (Lipinski definition) is 1. The first-order valence-electron chi connectivity index (χ1n) is 7.82. The second-order valence-corrected chi connectivity index (χ2v) is 8.06. The van der Waals surface area contributed by atoms with Crippen LogP contribution in [0.2, 0.25) is 0 Å². The fraction of sp³-hybridized carbons (Fsp3) is 0.714. The van der Waals surface area contributed by atoms with Crippen LogP contribution in [0, 0.1) is 0 Å². The number of carbonyl (C=O) groups is 1. The van der Waals surface area contributed by atoms with Crippen LogP contribution in [-0.4, -0.2) is 79.4 Å². The molecule has 0 aliphatic carbocycles. The van der Waals surface area contributed by atoms with Gasteiger partial charge in [0.25, 0.3) is 5.91 Å². The van der Waals surface area contributed by atoms with Crippen molar-refractivity contribution in [1.29, 1.82) is 0 Å². The van der Waals surface area contributed by atoms with Gasteiger partial charge in [0.2, 0.25) is 10.0 Å². The van der Waals surface area contributed by atoms with E-state index in [0.717, 1.165) is 18.5 Å². The van der Waals surface area contributed by atoms with Crippen molar-refractivity contribution in [3.05, 3.63) is 17.5 Å². The molecule has 1 aromatic heterocycles. The fourth-order valence-electron chi connectivity index (χ4n) is 3.08. The van der Waals surface area contributed by atoms with Crippen molar-refractivity contribution in [2.75, 3.05) is 45.6 Å². The molecule has 1 amide bonds. The molecule has 0 spiro atoms. The summed E-state index contributed by atoms with van der Waals surface area (Å²) in [5.74, 6) is -0.0520. The van der Waals surface area contributed by atoms with E-state index in [9.17, 15) is 13.2 Å². The molecule has 23 heavy (non-hydrogen) atoms. The van der Waals surface area contributed by atoms with Crippen molar-refractivity contribution in [1.82, 2.24) is 19.4 Å². The molecule has 1 N–H and O–H groups in total. The summed E-state index contributed by atoms with van der Waals surface area (Å²) >= 11 is 0. The van der Waals surface area contributed by atoms with Crippen molar-refractivity contribution in [2.24, 2.45) is 0 Å². The summed E-state index contributed by atoms with van der Waals surface area (Å²) in [6.07, 6.45) is 2.93. The molecule has 2 fully saturated rings. The van der Waals surface area contributed by atoms with Gasteiger partial charge in [-0.25, -0.2) is 12.7 Å². The van der Waals surface area contributed by atoms with Crippen LogP contribution in [-0.2, 0) is 14.8 Å². The van der Waals surface area contributed by atoms with E-state index in [-0.39, 0.29) is 11.8 Å². The molecule has 1 unspecified atom stereocenters. The lowest BCUT2D eigenvalue weighted by atomic mass is 9.96. The third-order valence-corrected chi connectivity index (χ3v) is 5.68. The molecular formula is C14H22N4O4S. The number of sulfonamides is 1. The average Bonchev–Trinajstić information content (AvgIpc) is 3.04. The first-order chi connectivity index (χ1) is 10.9. The number of nitrogens with one attached hydrogen (secondary N) is 1. The molecule has 2 aliphatic rings. The standard InChI is InChI=1S/C14H22N4O4S/c1-23(20,21)18-4-2-3-11(10-18)12-9-13(16-15-12)14(19)17-5-7-22-8-6-17/h9,11H,2-8,10H2,1H3,(H,15,16). The molecule has 0 aromatic carbocycles. The summed E-state index contributed by atoms with van der Waals surface area (Å²) in [7, 11) is -3.18. The number of H-pyrrole nitrogens is 1. The minimum atomic E-state index is -3.18. The molecule has 128 valence electrons. The van der Waals surface area contributed by atoms with Crippen LogP contribution in [0.1, 0.15) is 34.9 Å². The van der Waals surface area contributed by atoms with Gasteiger partial charge < -0.3 is 9.64 Å². The second kappa shape index (κ2) is 6.58. The van der Waals surface area contributed by atoms with Crippen LogP contribution in [0.5, 0.6) is 0 Å². The summed E-state index contributed by atoms with van der Waals surface area (Å²) in [6, 6.07) is 1.76. The van der Waals surface area contributed by atoms with E-state index in [0.29, 0.717) is 45.1 Å². The van der Waals surface area contributed by atoms with Crippen LogP contribution in [0.15, 0.2) is 6.07 Å². The largest absolute Gasteiger partial charge is 0.378 e. The summed E-state index contributed by atoms with van der Waals surface area (Å²) in [6.45, 7) is 3.25. The van der Waals surface area contributed by atoms with E-state index in [2.05, 4.69) is 10.2 Å². The smallest absolute Gasteiger partial charge is 0.274 e. The number of aromatic nitrogens is 2. The molecule has 1 aromatic rings. The molecule has 1 atom stereocenters. The van der Waals surface area contributed by atoms with Gasteiger partial charge in [0.05, 0.1) is 19.5 Å². The van der Waals surface area contributed by atoms with E-state index in [1.807, 2.05) is 0 Å².